The quantitative estimate of drug-likeness (QED) is 0.783. The number of halogens is 2. The molecule has 0 bridgehead atoms. The van der Waals surface area contributed by atoms with Crippen LogP contribution in [0.25, 0.3) is 0 Å². The Morgan fingerprint density at radius 2 is 2.22 bits per heavy atom. The number of rotatable bonds is 4. The molecule has 18 heavy (non-hydrogen) atoms. The lowest BCUT2D eigenvalue weighted by molar-refractivity contribution is 0.624. The summed E-state index contributed by atoms with van der Waals surface area (Å²) in [5.41, 5.74) is 2.19. The van der Waals surface area contributed by atoms with E-state index in [0.717, 1.165) is 32.9 Å². The second-order valence-electron chi connectivity index (χ2n) is 3.93. The molecule has 2 rings (SSSR count). The van der Waals surface area contributed by atoms with E-state index in [1.807, 2.05) is 17.8 Å². The van der Waals surface area contributed by atoms with Crippen LogP contribution in [0.15, 0.2) is 33.6 Å². The fourth-order valence-electron chi connectivity index (χ4n) is 1.69. The van der Waals surface area contributed by atoms with Crippen molar-refractivity contribution in [1.82, 2.24) is 9.78 Å². The highest BCUT2D eigenvalue weighted by atomic mass is 79.9. The van der Waals surface area contributed by atoms with Crippen LogP contribution in [0.1, 0.15) is 18.3 Å². The zero-order valence-electron chi connectivity index (χ0n) is 10.3. The van der Waals surface area contributed by atoms with Gasteiger partial charge in [0, 0.05) is 17.7 Å². The molecule has 1 aromatic carbocycles. The number of thioether (sulfide) groups is 1. The van der Waals surface area contributed by atoms with Crippen molar-refractivity contribution in [2.24, 2.45) is 7.05 Å². The van der Waals surface area contributed by atoms with Gasteiger partial charge in [-0.25, -0.2) is 4.39 Å². The van der Waals surface area contributed by atoms with Crippen molar-refractivity contribution in [3.8, 4) is 0 Å². The van der Waals surface area contributed by atoms with Gasteiger partial charge in [0.25, 0.3) is 0 Å². The van der Waals surface area contributed by atoms with Gasteiger partial charge < -0.3 is 0 Å². The summed E-state index contributed by atoms with van der Waals surface area (Å²) in [7, 11) is 1.94. The molecule has 1 aromatic heterocycles. The summed E-state index contributed by atoms with van der Waals surface area (Å²) in [6, 6.07) is 6.65. The smallest absolute Gasteiger partial charge is 0.124 e. The Morgan fingerprint density at radius 3 is 2.83 bits per heavy atom. The topological polar surface area (TPSA) is 17.8 Å². The Hall–Kier alpha value is -0.810. The Bertz CT molecular complexity index is 554. The lowest BCUT2D eigenvalue weighted by Crippen LogP contribution is -1.96. The molecule has 0 saturated carbocycles. The summed E-state index contributed by atoms with van der Waals surface area (Å²) in [6.45, 7) is 2.08. The van der Waals surface area contributed by atoms with Crippen molar-refractivity contribution in [3.05, 3.63) is 45.9 Å². The van der Waals surface area contributed by atoms with Gasteiger partial charge in [0.2, 0.25) is 0 Å². The van der Waals surface area contributed by atoms with Crippen LogP contribution in [0.4, 0.5) is 4.39 Å². The van der Waals surface area contributed by atoms with Gasteiger partial charge in [-0.3, -0.25) is 4.68 Å². The highest BCUT2D eigenvalue weighted by molar-refractivity contribution is 9.10. The third-order valence-electron chi connectivity index (χ3n) is 2.67. The number of benzene rings is 1. The molecule has 0 aliphatic carbocycles. The highest BCUT2D eigenvalue weighted by Crippen LogP contribution is 2.29. The largest absolute Gasteiger partial charge is 0.270 e. The monoisotopic (exact) mass is 328 g/mol. The molecule has 0 unspecified atom stereocenters. The molecule has 0 saturated heterocycles. The van der Waals surface area contributed by atoms with Crippen LogP contribution < -0.4 is 0 Å². The maximum absolute atomic E-state index is 13.1. The lowest BCUT2D eigenvalue weighted by Gasteiger charge is -2.03. The summed E-state index contributed by atoms with van der Waals surface area (Å²) in [5, 5.41) is 4.44. The van der Waals surface area contributed by atoms with E-state index < -0.39 is 0 Å². The molecule has 0 aliphatic rings. The third-order valence-corrected chi connectivity index (χ3v) is 4.60. The van der Waals surface area contributed by atoms with E-state index in [4.69, 9.17) is 0 Å². The molecule has 0 fully saturated rings. The highest BCUT2D eigenvalue weighted by Gasteiger charge is 2.12. The summed E-state index contributed by atoms with van der Waals surface area (Å²) >= 11 is 5.19. The molecule has 0 atom stereocenters. The maximum Gasteiger partial charge on any atom is 0.124 e. The normalized spacial score (nSPS) is 10.9. The van der Waals surface area contributed by atoms with E-state index in [1.54, 1.807) is 23.9 Å². The maximum atomic E-state index is 13.1. The Balaban J connectivity index is 2.13. The average molecular weight is 329 g/mol. The van der Waals surface area contributed by atoms with Gasteiger partial charge in [0.15, 0.2) is 0 Å². The number of aryl methyl sites for hydroxylation is 2. The fourth-order valence-corrected chi connectivity index (χ4v) is 3.63. The minimum atomic E-state index is -0.196. The van der Waals surface area contributed by atoms with Gasteiger partial charge in [-0.2, -0.15) is 5.10 Å². The van der Waals surface area contributed by atoms with E-state index in [0.29, 0.717) is 0 Å². The van der Waals surface area contributed by atoms with Crippen LogP contribution >= 0.6 is 27.7 Å². The molecule has 2 aromatic rings. The third kappa shape index (κ3) is 2.95. The second kappa shape index (κ2) is 5.89. The Kier molecular flexibility index (Phi) is 4.45. The number of aromatic nitrogens is 2. The predicted molar refractivity (Wildman–Crippen MR) is 76.2 cm³/mol. The second-order valence-corrected chi connectivity index (χ2v) is 5.77. The molecule has 0 N–H and O–H groups in total. The van der Waals surface area contributed by atoms with Gasteiger partial charge in [0.05, 0.1) is 15.9 Å². The summed E-state index contributed by atoms with van der Waals surface area (Å²) in [5.74, 6) is 0.575. The van der Waals surface area contributed by atoms with Crippen molar-refractivity contribution in [3.63, 3.8) is 0 Å². The summed E-state index contributed by atoms with van der Waals surface area (Å²) < 4.78 is 16.0. The average Bonchev–Trinajstić information content (AvgIpc) is 2.62. The molecular weight excluding hydrogens is 315 g/mol. The Morgan fingerprint density at radius 1 is 1.44 bits per heavy atom. The number of hydrogen-bond acceptors (Lipinski definition) is 2. The van der Waals surface area contributed by atoms with Crippen LogP contribution in [0.5, 0.6) is 0 Å². The van der Waals surface area contributed by atoms with Crippen molar-refractivity contribution in [2.75, 3.05) is 0 Å². The number of hydrogen-bond donors (Lipinski definition) is 0. The van der Waals surface area contributed by atoms with E-state index in [1.165, 1.54) is 6.07 Å². The standard InChI is InChI=1S/C13H14BrFN2S/c1-3-11-13(14)12(17(2)16-11)8-18-10-6-4-5-9(15)7-10/h4-7H,3,8H2,1-2H3. The van der Waals surface area contributed by atoms with E-state index in [2.05, 4.69) is 28.0 Å². The van der Waals surface area contributed by atoms with Crippen LogP contribution in [0.3, 0.4) is 0 Å². The van der Waals surface area contributed by atoms with Crippen molar-refractivity contribution in [2.45, 2.75) is 24.0 Å². The minimum absolute atomic E-state index is 0.196. The van der Waals surface area contributed by atoms with Gasteiger partial charge in [-0.1, -0.05) is 13.0 Å². The first kappa shape index (κ1) is 13.6. The molecule has 0 amide bonds. The summed E-state index contributed by atoms with van der Waals surface area (Å²) in [4.78, 5) is 0.932. The first-order valence-electron chi connectivity index (χ1n) is 5.70. The van der Waals surface area contributed by atoms with Crippen molar-refractivity contribution < 1.29 is 4.39 Å². The zero-order chi connectivity index (χ0) is 13.1. The van der Waals surface area contributed by atoms with Crippen molar-refractivity contribution >= 4 is 27.7 Å². The predicted octanol–water partition coefficient (Wildman–Crippen LogP) is 4.18. The van der Waals surface area contributed by atoms with Crippen LogP contribution in [0.2, 0.25) is 0 Å². The van der Waals surface area contributed by atoms with Gasteiger partial charge in [-0.15, -0.1) is 11.8 Å². The zero-order valence-corrected chi connectivity index (χ0v) is 12.7. The first-order chi connectivity index (χ1) is 8.61. The fraction of sp³-hybridized carbons (Fsp3) is 0.308. The van der Waals surface area contributed by atoms with Gasteiger partial charge >= 0.3 is 0 Å². The van der Waals surface area contributed by atoms with Gasteiger partial charge in [0.1, 0.15) is 5.82 Å². The molecular formula is C13H14BrFN2S. The Labute approximate surface area is 119 Å². The van der Waals surface area contributed by atoms with E-state index in [-0.39, 0.29) is 5.82 Å². The molecule has 0 spiro atoms. The van der Waals surface area contributed by atoms with E-state index >= 15 is 0 Å². The van der Waals surface area contributed by atoms with Gasteiger partial charge in [-0.05, 0) is 40.5 Å². The SMILES string of the molecule is CCc1nn(C)c(CSc2cccc(F)c2)c1Br. The van der Waals surface area contributed by atoms with E-state index in [9.17, 15) is 4.39 Å². The molecule has 0 radical (unpaired) electrons. The molecule has 96 valence electrons. The molecule has 2 nitrogen and oxygen atoms in total. The summed E-state index contributed by atoms with van der Waals surface area (Å²) in [6.07, 6.45) is 0.902. The van der Waals surface area contributed by atoms with Crippen LogP contribution in [-0.4, -0.2) is 9.78 Å². The minimum Gasteiger partial charge on any atom is -0.270 e. The first-order valence-corrected chi connectivity index (χ1v) is 7.48. The van der Waals surface area contributed by atoms with Crippen molar-refractivity contribution in [1.29, 1.82) is 0 Å². The number of nitrogens with zero attached hydrogens (tertiary/aromatic N) is 2. The molecule has 1 heterocycles. The van der Waals surface area contributed by atoms with Crippen LogP contribution in [-0.2, 0) is 19.2 Å². The van der Waals surface area contributed by atoms with Crippen LogP contribution in [0, 0.1) is 5.82 Å². The lowest BCUT2D eigenvalue weighted by atomic mass is 10.3. The molecule has 5 heteroatoms. The molecule has 0 aliphatic heterocycles.